The van der Waals surface area contributed by atoms with Gasteiger partial charge in [0.15, 0.2) is 0 Å². The highest BCUT2D eigenvalue weighted by Gasteiger charge is 2.02. The third kappa shape index (κ3) is 3.68. The lowest BCUT2D eigenvalue weighted by Crippen LogP contribution is -1.77. The molecule has 2 aromatic carbocycles. The Hall–Kier alpha value is -2.26. The smallest absolute Gasteiger partial charge is 0.218 e. The predicted molar refractivity (Wildman–Crippen MR) is 92.9 cm³/mol. The number of aryl methyl sites for hydroxylation is 1. The number of aliphatic imine (C=N–C) groups is 2. The molecule has 3 aromatic rings. The van der Waals surface area contributed by atoms with Crippen molar-refractivity contribution in [3.05, 3.63) is 64.5 Å². The van der Waals surface area contributed by atoms with Crippen LogP contribution >= 0.6 is 22.9 Å². The second-order valence-corrected chi connectivity index (χ2v) is 5.96. The summed E-state index contributed by atoms with van der Waals surface area (Å²) in [5, 5.41) is 3.24. The maximum Gasteiger partial charge on any atom is 0.219 e. The molecular weight excluding hydrogens is 314 g/mol. The van der Waals surface area contributed by atoms with Gasteiger partial charge in [0.05, 0.1) is 11.4 Å². The number of rotatable bonds is 3. The molecule has 3 rings (SSSR count). The number of benzene rings is 2. The van der Waals surface area contributed by atoms with Crippen molar-refractivity contribution in [1.29, 1.82) is 0 Å². The summed E-state index contributed by atoms with van der Waals surface area (Å²) in [6.07, 6.45) is 0. The van der Waals surface area contributed by atoms with Crippen molar-refractivity contribution in [2.45, 2.75) is 6.92 Å². The van der Waals surface area contributed by atoms with E-state index in [0.29, 0.717) is 15.8 Å². The van der Waals surface area contributed by atoms with E-state index in [9.17, 15) is 0 Å². The molecule has 0 N–H and O–H groups in total. The summed E-state index contributed by atoms with van der Waals surface area (Å²) in [5.41, 5.74) is 3.93. The van der Waals surface area contributed by atoms with E-state index in [-0.39, 0.29) is 0 Å². The highest BCUT2D eigenvalue weighted by molar-refractivity contribution is 7.13. The molecule has 5 heteroatoms. The van der Waals surface area contributed by atoms with Crippen LogP contribution in [0, 0.1) is 6.92 Å². The largest absolute Gasteiger partial charge is 0.219 e. The molecule has 0 atom stereocenters. The Bertz CT molecular complexity index is 846. The van der Waals surface area contributed by atoms with Crippen molar-refractivity contribution in [2.75, 3.05) is 0 Å². The topological polar surface area (TPSA) is 37.6 Å². The zero-order valence-corrected chi connectivity index (χ0v) is 13.4. The Morgan fingerprint density at radius 1 is 1.09 bits per heavy atom. The number of hydrogen-bond donors (Lipinski definition) is 0. The van der Waals surface area contributed by atoms with Crippen LogP contribution in [0.4, 0.5) is 10.8 Å². The normalized spacial score (nSPS) is 10.1. The molecule has 0 spiro atoms. The maximum absolute atomic E-state index is 5.89. The van der Waals surface area contributed by atoms with Gasteiger partial charge in [-0.1, -0.05) is 47.5 Å². The lowest BCUT2D eigenvalue weighted by Gasteiger charge is -1.96. The molecule has 0 saturated carbocycles. The SMILES string of the molecule is Cc1ccc(-c2csc(N=C=Nc3cccc(Cl)c3)n2)cc1. The minimum absolute atomic E-state index is 0.626. The number of thiazole rings is 1. The number of hydrogen-bond acceptors (Lipinski definition) is 4. The molecule has 0 aliphatic heterocycles. The molecule has 0 unspecified atom stereocenters. The van der Waals surface area contributed by atoms with Crippen molar-refractivity contribution < 1.29 is 0 Å². The minimum atomic E-state index is 0.626. The number of nitrogens with zero attached hydrogens (tertiary/aromatic N) is 3. The first-order valence-corrected chi connectivity index (χ1v) is 7.91. The zero-order chi connectivity index (χ0) is 15.4. The summed E-state index contributed by atoms with van der Waals surface area (Å²) >= 11 is 7.35. The van der Waals surface area contributed by atoms with E-state index < -0.39 is 0 Å². The summed E-state index contributed by atoms with van der Waals surface area (Å²) in [4.78, 5) is 12.7. The molecule has 3 nitrogen and oxygen atoms in total. The van der Waals surface area contributed by atoms with Gasteiger partial charge in [-0.25, -0.2) is 4.98 Å². The summed E-state index contributed by atoms with van der Waals surface area (Å²) in [6, 6.07) is 18.1. The van der Waals surface area contributed by atoms with E-state index in [0.717, 1.165) is 11.3 Å². The van der Waals surface area contributed by atoms with Gasteiger partial charge < -0.3 is 0 Å². The molecule has 22 heavy (non-hydrogen) atoms. The Kier molecular flexibility index (Phi) is 4.45. The van der Waals surface area contributed by atoms with Crippen molar-refractivity contribution in [3.63, 3.8) is 0 Å². The summed E-state index contributed by atoms with van der Waals surface area (Å²) in [6.45, 7) is 2.06. The van der Waals surface area contributed by atoms with Gasteiger partial charge >= 0.3 is 0 Å². The minimum Gasteiger partial charge on any atom is -0.218 e. The van der Waals surface area contributed by atoms with Gasteiger partial charge in [0, 0.05) is 16.0 Å². The van der Waals surface area contributed by atoms with Crippen molar-refractivity contribution >= 4 is 39.8 Å². The van der Waals surface area contributed by atoms with Crippen molar-refractivity contribution in [1.82, 2.24) is 4.98 Å². The van der Waals surface area contributed by atoms with Crippen LogP contribution in [0.15, 0.2) is 63.9 Å². The van der Waals surface area contributed by atoms with Crippen LogP contribution in [0.5, 0.6) is 0 Å². The molecule has 0 fully saturated rings. The molecule has 0 aliphatic rings. The fourth-order valence-electron chi connectivity index (χ4n) is 1.84. The summed E-state index contributed by atoms with van der Waals surface area (Å²) < 4.78 is 0. The summed E-state index contributed by atoms with van der Waals surface area (Å²) in [5.74, 6) is 0. The van der Waals surface area contributed by atoms with E-state index in [4.69, 9.17) is 11.6 Å². The first-order chi connectivity index (χ1) is 10.7. The second kappa shape index (κ2) is 6.67. The van der Waals surface area contributed by atoms with Crippen LogP contribution in [0.1, 0.15) is 5.56 Å². The molecule has 108 valence electrons. The lowest BCUT2D eigenvalue weighted by atomic mass is 10.1. The molecule has 0 bridgehead atoms. The van der Waals surface area contributed by atoms with Gasteiger partial charge in [0.2, 0.25) is 5.13 Å². The molecular formula is C17H12ClN3S. The Morgan fingerprint density at radius 3 is 2.68 bits per heavy atom. The van der Waals surface area contributed by atoms with Crippen LogP contribution in [0.25, 0.3) is 11.3 Å². The fourth-order valence-corrected chi connectivity index (χ4v) is 2.68. The van der Waals surface area contributed by atoms with Crippen LogP contribution in [0.2, 0.25) is 5.02 Å². The Morgan fingerprint density at radius 2 is 1.91 bits per heavy atom. The lowest BCUT2D eigenvalue weighted by molar-refractivity contribution is 1.35. The molecule has 0 saturated heterocycles. The van der Waals surface area contributed by atoms with Gasteiger partial charge in [0.25, 0.3) is 0 Å². The van der Waals surface area contributed by atoms with Gasteiger partial charge in [-0.05, 0) is 25.1 Å². The van der Waals surface area contributed by atoms with E-state index in [1.807, 2.05) is 17.5 Å². The first-order valence-electron chi connectivity index (χ1n) is 6.65. The van der Waals surface area contributed by atoms with E-state index in [2.05, 4.69) is 52.2 Å². The van der Waals surface area contributed by atoms with E-state index in [1.54, 1.807) is 12.1 Å². The first kappa shape index (κ1) is 14.7. The second-order valence-electron chi connectivity index (χ2n) is 4.68. The van der Waals surface area contributed by atoms with Gasteiger partial charge in [-0.2, -0.15) is 9.98 Å². The predicted octanol–water partition coefficient (Wildman–Crippen LogP) is 5.91. The number of halogens is 1. The van der Waals surface area contributed by atoms with Crippen LogP contribution in [-0.2, 0) is 0 Å². The monoisotopic (exact) mass is 325 g/mol. The van der Waals surface area contributed by atoms with Crippen LogP contribution < -0.4 is 0 Å². The highest BCUT2D eigenvalue weighted by Crippen LogP contribution is 2.26. The Labute approximate surface area is 137 Å². The van der Waals surface area contributed by atoms with Crippen molar-refractivity contribution in [3.8, 4) is 11.3 Å². The quantitative estimate of drug-likeness (QED) is 0.551. The van der Waals surface area contributed by atoms with Gasteiger partial charge in [-0.15, -0.1) is 11.3 Å². The van der Waals surface area contributed by atoms with Gasteiger partial charge in [0.1, 0.15) is 6.01 Å². The third-order valence-corrected chi connectivity index (χ3v) is 3.94. The van der Waals surface area contributed by atoms with Crippen molar-refractivity contribution in [2.24, 2.45) is 9.98 Å². The molecule has 1 aromatic heterocycles. The molecule has 0 aliphatic carbocycles. The maximum atomic E-state index is 5.89. The van der Waals surface area contributed by atoms with Gasteiger partial charge in [-0.3, -0.25) is 0 Å². The third-order valence-electron chi connectivity index (χ3n) is 2.97. The Balaban J connectivity index is 1.79. The average Bonchev–Trinajstić information content (AvgIpc) is 2.97. The fraction of sp³-hybridized carbons (Fsp3) is 0.0588. The molecule has 0 radical (unpaired) electrons. The standard InChI is InChI=1S/C17H12ClN3S/c1-12-5-7-13(8-6-12)16-10-22-17(21-16)20-11-19-15-4-2-3-14(18)9-15/h2-10H,1H3. The molecule has 1 heterocycles. The highest BCUT2D eigenvalue weighted by atomic mass is 35.5. The van der Waals surface area contributed by atoms with Crippen LogP contribution in [-0.4, -0.2) is 11.0 Å². The van der Waals surface area contributed by atoms with E-state index >= 15 is 0 Å². The molecule has 0 amide bonds. The van der Waals surface area contributed by atoms with Crippen LogP contribution in [0.3, 0.4) is 0 Å². The zero-order valence-electron chi connectivity index (χ0n) is 11.8. The van der Waals surface area contributed by atoms with E-state index in [1.165, 1.54) is 16.9 Å². The number of aromatic nitrogens is 1. The average molecular weight is 326 g/mol. The summed E-state index contributed by atoms with van der Waals surface area (Å²) in [7, 11) is 0.